The van der Waals surface area contributed by atoms with Gasteiger partial charge in [0, 0.05) is 16.1 Å². The van der Waals surface area contributed by atoms with Crippen LogP contribution in [0.2, 0.25) is 0 Å². The summed E-state index contributed by atoms with van der Waals surface area (Å²) >= 11 is 1.30. The first kappa shape index (κ1) is 8.96. The van der Waals surface area contributed by atoms with Gasteiger partial charge in [-0.3, -0.25) is 0 Å². The number of hydrogen-bond acceptors (Lipinski definition) is 4. The van der Waals surface area contributed by atoms with E-state index in [0.717, 1.165) is 11.4 Å². The molecule has 0 aliphatic rings. The molecule has 0 saturated carbocycles. The largest absolute Gasteiger partial charge is 0.279 e. The summed E-state index contributed by atoms with van der Waals surface area (Å²) in [5, 5.41) is 2.19. The zero-order valence-electron chi connectivity index (χ0n) is 5.74. The van der Waals surface area contributed by atoms with E-state index in [9.17, 15) is 8.42 Å². The van der Waals surface area contributed by atoms with Gasteiger partial charge in [-0.25, -0.2) is 13.4 Å². The summed E-state index contributed by atoms with van der Waals surface area (Å²) in [5.41, 5.74) is 0. The molecule has 0 unspecified atom stereocenters. The fourth-order valence-electron chi connectivity index (χ4n) is 0.568. The predicted octanol–water partition coefficient (Wildman–Crippen LogP) is 1.63. The third-order valence-corrected chi connectivity index (χ3v) is 3.41. The SMILES string of the molecule is CCc1nc(S(=O)(=O)Cl)cs1. The van der Waals surface area contributed by atoms with E-state index >= 15 is 0 Å². The van der Waals surface area contributed by atoms with Gasteiger partial charge in [0.2, 0.25) is 0 Å². The molecule has 0 fully saturated rings. The van der Waals surface area contributed by atoms with Gasteiger partial charge in [0.1, 0.15) is 0 Å². The van der Waals surface area contributed by atoms with Crippen LogP contribution in [-0.2, 0) is 15.5 Å². The van der Waals surface area contributed by atoms with Crippen molar-refractivity contribution in [3.05, 3.63) is 10.4 Å². The van der Waals surface area contributed by atoms with E-state index in [2.05, 4.69) is 4.98 Å². The van der Waals surface area contributed by atoms with Crippen molar-refractivity contribution in [2.45, 2.75) is 18.4 Å². The third kappa shape index (κ3) is 2.15. The first-order valence-electron chi connectivity index (χ1n) is 2.93. The molecule has 62 valence electrons. The number of halogens is 1. The van der Waals surface area contributed by atoms with Crippen LogP contribution in [0.4, 0.5) is 0 Å². The van der Waals surface area contributed by atoms with Gasteiger partial charge in [0.15, 0.2) is 5.03 Å². The van der Waals surface area contributed by atoms with Crippen molar-refractivity contribution in [3.8, 4) is 0 Å². The maximum Gasteiger partial charge on any atom is 0.279 e. The molecule has 6 heteroatoms. The number of aromatic nitrogens is 1. The van der Waals surface area contributed by atoms with Crippen molar-refractivity contribution >= 4 is 31.1 Å². The van der Waals surface area contributed by atoms with E-state index in [1.165, 1.54) is 16.7 Å². The molecule has 0 radical (unpaired) electrons. The Morgan fingerprint density at radius 3 is 2.64 bits per heavy atom. The molecule has 11 heavy (non-hydrogen) atoms. The van der Waals surface area contributed by atoms with Gasteiger partial charge in [-0.2, -0.15) is 0 Å². The Kier molecular flexibility index (Phi) is 2.51. The van der Waals surface area contributed by atoms with E-state index in [0.29, 0.717) is 0 Å². The highest BCUT2D eigenvalue weighted by molar-refractivity contribution is 8.13. The predicted molar refractivity (Wildman–Crippen MR) is 44.5 cm³/mol. The molecule has 0 spiro atoms. The minimum absolute atomic E-state index is 0.0407. The van der Waals surface area contributed by atoms with Crippen LogP contribution in [0.1, 0.15) is 11.9 Å². The molecule has 0 aliphatic carbocycles. The lowest BCUT2D eigenvalue weighted by molar-refractivity contribution is 0.606. The van der Waals surface area contributed by atoms with Crippen molar-refractivity contribution in [2.24, 2.45) is 0 Å². The summed E-state index contributed by atoms with van der Waals surface area (Å²) in [6.45, 7) is 1.91. The molecule has 0 N–H and O–H groups in total. The van der Waals surface area contributed by atoms with Gasteiger partial charge in [-0.1, -0.05) is 6.92 Å². The van der Waals surface area contributed by atoms with Gasteiger partial charge >= 0.3 is 0 Å². The topological polar surface area (TPSA) is 47.0 Å². The summed E-state index contributed by atoms with van der Waals surface area (Å²) in [7, 11) is 1.42. The smallest absolute Gasteiger partial charge is 0.228 e. The Morgan fingerprint density at radius 1 is 1.73 bits per heavy atom. The fourth-order valence-corrected chi connectivity index (χ4v) is 2.49. The summed E-state index contributed by atoms with van der Waals surface area (Å²) in [4.78, 5) is 3.80. The Balaban J connectivity index is 3.09. The van der Waals surface area contributed by atoms with Crippen LogP contribution >= 0.6 is 22.0 Å². The van der Waals surface area contributed by atoms with Crippen LogP contribution in [0.15, 0.2) is 10.4 Å². The van der Waals surface area contributed by atoms with Crippen molar-refractivity contribution in [1.82, 2.24) is 4.98 Å². The standard InChI is InChI=1S/C5H6ClNO2S2/c1-2-4-7-5(3-10-4)11(6,8)9/h3H,2H2,1H3. The maximum absolute atomic E-state index is 10.7. The molecular formula is C5H6ClNO2S2. The maximum atomic E-state index is 10.7. The Bertz CT molecular complexity index is 343. The molecule has 0 saturated heterocycles. The third-order valence-electron chi connectivity index (χ3n) is 1.08. The molecule has 0 bridgehead atoms. The zero-order valence-corrected chi connectivity index (χ0v) is 8.13. The number of aryl methyl sites for hydroxylation is 1. The molecule has 1 aromatic heterocycles. The van der Waals surface area contributed by atoms with Crippen molar-refractivity contribution in [3.63, 3.8) is 0 Å². The summed E-state index contributed by atoms with van der Waals surface area (Å²) < 4.78 is 21.3. The molecule has 0 aromatic carbocycles. The van der Waals surface area contributed by atoms with Crippen LogP contribution < -0.4 is 0 Å². The second-order valence-electron chi connectivity index (χ2n) is 1.87. The van der Waals surface area contributed by atoms with Crippen LogP contribution in [0, 0.1) is 0 Å². The van der Waals surface area contributed by atoms with Gasteiger partial charge < -0.3 is 0 Å². The molecule has 1 rings (SSSR count). The molecule has 3 nitrogen and oxygen atoms in total. The van der Waals surface area contributed by atoms with E-state index in [1.54, 1.807) is 0 Å². The van der Waals surface area contributed by atoms with Crippen LogP contribution in [0.5, 0.6) is 0 Å². The minimum Gasteiger partial charge on any atom is -0.228 e. The Labute approximate surface area is 73.5 Å². The van der Waals surface area contributed by atoms with Gasteiger partial charge in [0.05, 0.1) is 5.01 Å². The Hall–Kier alpha value is -0.130. The van der Waals surface area contributed by atoms with E-state index < -0.39 is 9.05 Å². The van der Waals surface area contributed by atoms with Crippen LogP contribution in [0.25, 0.3) is 0 Å². The second kappa shape index (κ2) is 3.08. The van der Waals surface area contributed by atoms with E-state index in [-0.39, 0.29) is 5.03 Å². The highest BCUT2D eigenvalue weighted by Crippen LogP contribution is 2.17. The lowest BCUT2D eigenvalue weighted by atomic mass is 10.5. The normalized spacial score (nSPS) is 11.8. The second-order valence-corrected chi connectivity index (χ2v) is 5.33. The van der Waals surface area contributed by atoms with Crippen molar-refractivity contribution < 1.29 is 8.42 Å². The highest BCUT2D eigenvalue weighted by atomic mass is 35.7. The molecule has 0 atom stereocenters. The summed E-state index contributed by atoms with van der Waals surface area (Å²) in [6, 6.07) is 0. The average molecular weight is 212 g/mol. The average Bonchev–Trinajstić information content (AvgIpc) is 2.32. The summed E-state index contributed by atoms with van der Waals surface area (Å²) in [6.07, 6.45) is 0.733. The first-order valence-corrected chi connectivity index (χ1v) is 6.12. The zero-order chi connectivity index (χ0) is 8.48. The highest BCUT2D eigenvalue weighted by Gasteiger charge is 2.13. The first-order chi connectivity index (χ1) is 5.04. The van der Waals surface area contributed by atoms with Crippen molar-refractivity contribution in [2.75, 3.05) is 0 Å². The van der Waals surface area contributed by atoms with Gasteiger partial charge in [0.25, 0.3) is 9.05 Å². The number of rotatable bonds is 2. The quantitative estimate of drug-likeness (QED) is 0.699. The van der Waals surface area contributed by atoms with Crippen LogP contribution in [0.3, 0.4) is 0 Å². The van der Waals surface area contributed by atoms with Gasteiger partial charge in [-0.05, 0) is 6.42 Å². The van der Waals surface area contributed by atoms with Crippen LogP contribution in [-0.4, -0.2) is 13.4 Å². The number of hydrogen-bond donors (Lipinski definition) is 0. The Morgan fingerprint density at radius 2 is 2.36 bits per heavy atom. The molecule has 0 aliphatic heterocycles. The molecule has 0 amide bonds. The lowest BCUT2D eigenvalue weighted by Gasteiger charge is -1.85. The van der Waals surface area contributed by atoms with Crippen molar-refractivity contribution in [1.29, 1.82) is 0 Å². The summed E-state index contributed by atoms with van der Waals surface area (Å²) in [5.74, 6) is 0. The molecule has 1 aromatic rings. The minimum atomic E-state index is -3.62. The monoisotopic (exact) mass is 211 g/mol. The van der Waals surface area contributed by atoms with E-state index in [4.69, 9.17) is 10.7 Å². The molecular weight excluding hydrogens is 206 g/mol. The molecule has 1 heterocycles. The number of thiazole rings is 1. The lowest BCUT2D eigenvalue weighted by Crippen LogP contribution is -1.90. The van der Waals surface area contributed by atoms with E-state index in [1.807, 2.05) is 6.92 Å². The fraction of sp³-hybridized carbons (Fsp3) is 0.400. The van der Waals surface area contributed by atoms with Gasteiger partial charge in [-0.15, -0.1) is 11.3 Å². The number of nitrogens with zero attached hydrogens (tertiary/aromatic N) is 1.